The lowest BCUT2D eigenvalue weighted by molar-refractivity contribution is -0.132. The number of benzene rings is 1. The van der Waals surface area contributed by atoms with E-state index in [1.807, 2.05) is 18.2 Å². The van der Waals surface area contributed by atoms with Crippen molar-refractivity contribution in [3.8, 4) is 11.5 Å². The van der Waals surface area contributed by atoms with Crippen LogP contribution < -0.4 is 14.8 Å². The normalized spacial score (nSPS) is 21.9. The fourth-order valence-electron chi connectivity index (χ4n) is 3.11. The number of aliphatic hydroxyl groups excluding tert-OH is 3. The fourth-order valence-corrected chi connectivity index (χ4v) is 3.45. The number of hydrogen-bond donors (Lipinski definition) is 7. The quantitative estimate of drug-likeness (QED) is 0.188. The Hall–Kier alpha value is -2.88. The van der Waals surface area contributed by atoms with Gasteiger partial charge in [0.2, 0.25) is 0 Å². The lowest BCUT2D eigenvalue weighted by atomic mass is 10.1. The van der Waals surface area contributed by atoms with Crippen LogP contribution in [0.3, 0.4) is 0 Å². The molecule has 192 valence electrons. The zero-order chi connectivity index (χ0) is 25.6. The predicted molar refractivity (Wildman–Crippen MR) is 119 cm³/mol. The van der Waals surface area contributed by atoms with Crippen molar-refractivity contribution in [2.75, 3.05) is 26.1 Å². The molecule has 4 atom stereocenters. The molecule has 3 heterocycles. The maximum atomic E-state index is 10.3. The number of hydrogen-bond acceptors (Lipinski definition) is 12. The third-order valence-corrected chi connectivity index (χ3v) is 5.36. The summed E-state index contributed by atoms with van der Waals surface area (Å²) in [6.07, 6.45) is -2.58. The molecule has 16 heteroatoms. The molecule has 7 N–H and O–H groups in total. The number of aliphatic hydroxyl groups is 3. The smallest absolute Gasteiger partial charge is 0.469 e. The zero-order valence-electron chi connectivity index (χ0n) is 18.7. The SMILES string of the molecule is COc1ccc(CNc2ncnc3nc[nH]c23)cc1OC.O=P(O)(O)OC[C@H]1OC(O)[C@H](O)[C@@H]1O. The van der Waals surface area contributed by atoms with Gasteiger partial charge in [0.25, 0.3) is 0 Å². The first-order valence-electron chi connectivity index (χ1n) is 10.1. The monoisotopic (exact) mass is 515 g/mol. The Labute approximate surface area is 198 Å². The highest BCUT2D eigenvalue weighted by molar-refractivity contribution is 7.46. The highest BCUT2D eigenvalue weighted by Crippen LogP contribution is 2.37. The van der Waals surface area contributed by atoms with Gasteiger partial charge in [-0.05, 0) is 17.7 Å². The molecule has 35 heavy (non-hydrogen) atoms. The molecule has 0 spiro atoms. The topological polar surface area (TPSA) is 222 Å². The van der Waals surface area contributed by atoms with Crippen molar-refractivity contribution in [1.29, 1.82) is 0 Å². The second-order valence-electron chi connectivity index (χ2n) is 7.20. The van der Waals surface area contributed by atoms with Crippen LogP contribution >= 0.6 is 7.82 Å². The first-order valence-corrected chi connectivity index (χ1v) is 11.6. The fraction of sp³-hybridized carbons (Fsp3) is 0.421. The van der Waals surface area contributed by atoms with Gasteiger partial charge in [0, 0.05) is 6.54 Å². The third kappa shape index (κ3) is 7.06. The molecule has 15 nitrogen and oxygen atoms in total. The van der Waals surface area contributed by atoms with E-state index in [9.17, 15) is 4.57 Å². The minimum Gasteiger partial charge on any atom is -0.493 e. The van der Waals surface area contributed by atoms with Crippen molar-refractivity contribution in [3.05, 3.63) is 36.4 Å². The van der Waals surface area contributed by atoms with Gasteiger partial charge >= 0.3 is 7.82 Å². The standard InChI is InChI=1S/C14H15N5O2.C5H11O8P/c1-20-10-4-3-9(5-11(10)21-2)6-15-13-12-14(17-7-16-12)19-8-18-13;6-3-2(1-12-14(9,10)11)13-5(8)4(3)7/h3-5,7-8H,6H2,1-2H3,(H2,15,16,17,18,19);2-8H,1H2,(H2,9,10,11)/t;2-,3-,4-,5?/m.1/s1. The van der Waals surface area contributed by atoms with Crippen LogP contribution in [0, 0.1) is 0 Å². The van der Waals surface area contributed by atoms with Crippen molar-refractivity contribution in [2.45, 2.75) is 31.1 Å². The van der Waals surface area contributed by atoms with Crippen LogP contribution in [0.15, 0.2) is 30.9 Å². The first-order chi connectivity index (χ1) is 16.6. The summed E-state index contributed by atoms with van der Waals surface area (Å²) in [6, 6.07) is 5.78. The summed E-state index contributed by atoms with van der Waals surface area (Å²) in [7, 11) is -1.40. The van der Waals surface area contributed by atoms with Gasteiger partial charge in [0.05, 0.1) is 27.2 Å². The Morgan fingerprint density at radius 3 is 2.46 bits per heavy atom. The summed E-state index contributed by atoms with van der Waals surface area (Å²) in [5.74, 6) is 2.12. The van der Waals surface area contributed by atoms with Gasteiger partial charge in [-0.3, -0.25) is 4.52 Å². The summed E-state index contributed by atoms with van der Waals surface area (Å²) in [5.41, 5.74) is 2.48. The number of nitrogens with zero attached hydrogens (tertiary/aromatic N) is 3. The Kier molecular flexibility index (Phi) is 8.93. The molecule has 1 aliphatic rings. The first kappa shape index (κ1) is 26.7. The molecule has 0 aliphatic carbocycles. The van der Waals surface area contributed by atoms with Crippen molar-refractivity contribution in [2.24, 2.45) is 0 Å². The summed E-state index contributed by atoms with van der Waals surface area (Å²) >= 11 is 0. The summed E-state index contributed by atoms with van der Waals surface area (Å²) in [5, 5.41) is 30.3. The Balaban J connectivity index is 0.000000214. The molecule has 1 saturated heterocycles. The number of aromatic nitrogens is 4. The Bertz CT molecular complexity index is 1160. The van der Waals surface area contributed by atoms with Crippen LogP contribution in [0.25, 0.3) is 11.2 Å². The molecule has 0 radical (unpaired) electrons. The summed E-state index contributed by atoms with van der Waals surface area (Å²) in [4.78, 5) is 32.1. The summed E-state index contributed by atoms with van der Waals surface area (Å²) in [6.45, 7) is -0.00888. The lowest BCUT2D eigenvalue weighted by Gasteiger charge is -2.14. The second kappa shape index (κ2) is 11.7. The van der Waals surface area contributed by atoms with E-state index in [1.54, 1.807) is 20.5 Å². The van der Waals surface area contributed by atoms with Crippen LogP contribution in [-0.4, -0.2) is 90.5 Å². The van der Waals surface area contributed by atoms with Crippen molar-refractivity contribution in [1.82, 2.24) is 19.9 Å². The number of rotatable bonds is 8. The van der Waals surface area contributed by atoms with Gasteiger partial charge < -0.3 is 49.6 Å². The van der Waals surface area contributed by atoms with E-state index in [0.717, 1.165) is 11.1 Å². The Morgan fingerprint density at radius 1 is 1.09 bits per heavy atom. The van der Waals surface area contributed by atoms with Gasteiger partial charge in [-0.25, -0.2) is 19.5 Å². The van der Waals surface area contributed by atoms with Gasteiger partial charge in [-0.2, -0.15) is 0 Å². The van der Waals surface area contributed by atoms with E-state index in [4.69, 9.17) is 34.6 Å². The number of aromatic amines is 1. The van der Waals surface area contributed by atoms with E-state index in [2.05, 4.69) is 34.5 Å². The third-order valence-electron chi connectivity index (χ3n) is 4.88. The second-order valence-corrected chi connectivity index (χ2v) is 8.44. The number of imidazole rings is 1. The molecule has 1 fully saturated rings. The van der Waals surface area contributed by atoms with E-state index in [0.29, 0.717) is 29.5 Å². The van der Waals surface area contributed by atoms with Crippen LogP contribution in [0.5, 0.6) is 11.5 Å². The van der Waals surface area contributed by atoms with Crippen LogP contribution in [0.2, 0.25) is 0 Å². The van der Waals surface area contributed by atoms with E-state index >= 15 is 0 Å². The minimum absolute atomic E-state index is 0.603. The highest BCUT2D eigenvalue weighted by Gasteiger charge is 2.42. The highest BCUT2D eigenvalue weighted by atomic mass is 31.2. The molecule has 4 rings (SSSR count). The molecule has 1 unspecified atom stereocenters. The average Bonchev–Trinajstić information content (AvgIpc) is 3.42. The van der Waals surface area contributed by atoms with Crippen molar-refractivity contribution in [3.63, 3.8) is 0 Å². The van der Waals surface area contributed by atoms with Crippen LogP contribution in [0.1, 0.15) is 5.56 Å². The maximum absolute atomic E-state index is 10.3. The molecule has 0 amide bonds. The number of ether oxygens (including phenoxy) is 3. The largest absolute Gasteiger partial charge is 0.493 e. The number of anilines is 1. The van der Waals surface area contributed by atoms with Gasteiger partial charge in [-0.15, -0.1) is 0 Å². The number of H-pyrrole nitrogens is 1. The van der Waals surface area contributed by atoms with E-state index in [1.165, 1.54) is 6.33 Å². The van der Waals surface area contributed by atoms with Crippen molar-refractivity contribution < 1.29 is 48.4 Å². The zero-order valence-corrected chi connectivity index (χ0v) is 19.6. The molecular weight excluding hydrogens is 489 g/mol. The number of phosphoric ester groups is 1. The van der Waals surface area contributed by atoms with E-state index < -0.39 is 39.0 Å². The summed E-state index contributed by atoms with van der Waals surface area (Å²) < 4.78 is 29.4. The van der Waals surface area contributed by atoms with Crippen molar-refractivity contribution >= 4 is 24.8 Å². The van der Waals surface area contributed by atoms with Gasteiger partial charge in [0.1, 0.15) is 30.2 Å². The molecule has 0 bridgehead atoms. The molecular formula is C19H26N5O10P. The van der Waals surface area contributed by atoms with Crippen LogP contribution in [0.4, 0.5) is 5.82 Å². The molecule has 1 aromatic carbocycles. The molecule has 0 saturated carbocycles. The number of fused-ring (bicyclic) bond motifs is 1. The van der Waals surface area contributed by atoms with Gasteiger partial charge in [-0.1, -0.05) is 6.07 Å². The molecule has 3 aromatic rings. The van der Waals surface area contributed by atoms with Gasteiger partial charge in [0.15, 0.2) is 29.3 Å². The average molecular weight is 515 g/mol. The molecule has 1 aliphatic heterocycles. The van der Waals surface area contributed by atoms with Crippen LogP contribution in [-0.2, 0) is 20.4 Å². The Morgan fingerprint density at radius 2 is 1.83 bits per heavy atom. The maximum Gasteiger partial charge on any atom is 0.469 e. The number of nitrogens with one attached hydrogen (secondary N) is 2. The number of phosphoric acid groups is 1. The number of methoxy groups -OCH3 is 2. The predicted octanol–water partition coefficient (Wildman–Crippen LogP) is -0.483. The van der Waals surface area contributed by atoms with E-state index in [-0.39, 0.29) is 0 Å². The molecule has 2 aromatic heterocycles. The lowest BCUT2D eigenvalue weighted by Crippen LogP contribution is -2.34. The minimum atomic E-state index is -4.64.